The van der Waals surface area contributed by atoms with Gasteiger partial charge in [-0.25, -0.2) is 0 Å². The standard InChI is InChI=1S/C19H16N2O4/c22-18(12-20-19(23)14-10-11-24-13-14)21-15-6-8-17(9-7-15)25-16-4-2-1-3-5-16/h1-11,13H,12H2,(H,20,23)(H,21,22). The smallest absolute Gasteiger partial charge is 0.254 e. The first kappa shape index (κ1) is 16.3. The summed E-state index contributed by atoms with van der Waals surface area (Å²) in [7, 11) is 0. The van der Waals surface area contributed by atoms with Crippen LogP contribution in [0.5, 0.6) is 11.5 Å². The summed E-state index contributed by atoms with van der Waals surface area (Å²) in [5.41, 5.74) is 0.984. The van der Waals surface area contributed by atoms with E-state index >= 15 is 0 Å². The molecule has 1 heterocycles. The summed E-state index contributed by atoms with van der Waals surface area (Å²) in [6.45, 7) is -0.133. The number of amides is 2. The summed E-state index contributed by atoms with van der Waals surface area (Å²) < 4.78 is 10.5. The molecule has 2 amide bonds. The van der Waals surface area contributed by atoms with E-state index in [2.05, 4.69) is 10.6 Å². The van der Waals surface area contributed by atoms with Crippen LogP contribution in [-0.4, -0.2) is 18.4 Å². The maximum absolute atomic E-state index is 11.9. The molecular formula is C19H16N2O4. The molecule has 0 aliphatic rings. The number of carbonyl (C=O) groups is 2. The van der Waals surface area contributed by atoms with Crippen molar-refractivity contribution < 1.29 is 18.7 Å². The zero-order valence-electron chi connectivity index (χ0n) is 13.3. The molecule has 25 heavy (non-hydrogen) atoms. The van der Waals surface area contributed by atoms with Gasteiger partial charge in [0.25, 0.3) is 5.91 Å². The minimum Gasteiger partial charge on any atom is -0.472 e. The van der Waals surface area contributed by atoms with Gasteiger partial charge >= 0.3 is 0 Å². The van der Waals surface area contributed by atoms with Crippen LogP contribution in [0.4, 0.5) is 5.69 Å². The third-order valence-electron chi connectivity index (χ3n) is 3.31. The minimum absolute atomic E-state index is 0.133. The third kappa shape index (κ3) is 4.71. The second kappa shape index (κ2) is 7.83. The van der Waals surface area contributed by atoms with Gasteiger partial charge in [0.1, 0.15) is 17.8 Å². The number of rotatable bonds is 6. The van der Waals surface area contributed by atoms with Gasteiger partial charge in [-0.3, -0.25) is 9.59 Å². The van der Waals surface area contributed by atoms with Gasteiger partial charge in [-0.2, -0.15) is 0 Å². The third-order valence-corrected chi connectivity index (χ3v) is 3.31. The second-order valence-electron chi connectivity index (χ2n) is 5.18. The van der Waals surface area contributed by atoms with Gasteiger partial charge in [-0.1, -0.05) is 18.2 Å². The lowest BCUT2D eigenvalue weighted by molar-refractivity contribution is -0.115. The molecular weight excluding hydrogens is 320 g/mol. The van der Waals surface area contributed by atoms with Crippen molar-refractivity contribution in [3.63, 3.8) is 0 Å². The number of hydrogen-bond donors (Lipinski definition) is 2. The molecule has 1 aromatic heterocycles. The SMILES string of the molecule is O=C(CNC(=O)c1ccoc1)Nc1ccc(Oc2ccccc2)cc1. The van der Waals surface area contributed by atoms with Gasteiger partial charge in [0, 0.05) is 5.69 Å². The van der Waals surface area contributed by atoms with Crippen molar-refractivity contribution in [1.82, 2.24) is 5.32 Å². The highest BCUT2D eigenvalue weighted by molar-refractivity contribution is 5.99. The van der Waals surface area contributed by atoms with Crippen molar-refractivity contribution in [2.24, 2.45) is 0 Å². The van der Waals surface area contributed by atoms with E-state index in [1.165, 1.54) is 18.6 Å². The van der Waals surface area contributed by atoms with Crippen molar-refractivity contribution in [2.75, 3.05) is 11.9 Å². The average Bonchev–Trinajstić information content (AvgIpc) is 3.17. The first-order valence-corrected chi connectivity index (χ1v) is 7.64. The summed E-state index contributed by atoms with van der Waals surface area (Å²) in [5.74, 6) is 0.711. The van der Waals surface area contributed by atoms with E-state index in [0.717, 1.165) is 5.75 Å². The molecule has 0 spiro atoms. The maximum atomic E-state index is 11.9. The Morgan fingerprint density at radius 3 is 2.32 bits per heavy atom. The molecule has 2 aromatic carbocycles. The van der Waals surface area contributed by atoms with E-state index in [1.807, 2.05) is 30.3 Å². The second-order valence-corrected chi connectivity index (χ2v) is 5.18. The predicted molar refractivity (Wildman–Crippen MR) is 92.6 cm³/mol. The minimum atomic E-state index is -0.365. The van der Waals surface area contributed by atoms with Crippen LogP contribution in [0.3, 0.4) is 0 Å². The molecule has 126 valence electrons. The Morgan fingerprint density at radius 1 is 0.920 bits per heavy atom. The molecule has 6 heteroatoms. The Bertz CT molecular complexity index is 828. The van der Waals surface area contributed by atoms with Gasteiger partial charge in [0.05, 0.1) is 18.4 Å². The summed E-state index contributed by atoms with van der Waals surface area (Å²) >= 11 is 0. The normalized spacial score (nSPS) is 10.1. The van der Waals surface area contributed by atoms with Crippen molar-refractivity contribution in [3.8, 4) is 11.5 Å². The number of nitrogens with one attached hydrogen (secondary N) is 2. The van der Waals surface area contributed by atoms with Crippen LogP contribution in [0, 0.1) is 0 Å². The van der Waals surface area contributed by atoms with Crippen molar-refractivity contribution in [3.05, 3.63) is 78.8 Å². The monoisotopic (exact) mass is 336 g/mol. The molecule has 0 aliphatic carbocycles. The summed E-state index contributed by atoms with van der Waals surface area (Å²) in [5, 5.41) is 5.21. The van der Waals surface area contributed by atoms with Crippen molar-refractivity contribution >= 4 is 17.5 Å². The Labute approximate surface area is 144 Å². The summed E-state index contributed by atoms with van der Waals surface area (Å²) in [4.78, 5) is 23.6. The molecule has 0 aliphatic heterocycles. The summed E-state index contributed by atoms with van der Waals surface area (Å²) in [6.07, 6.45) is 2.72. The van der Waals surface area contributed by atoms with Crippen molar-refractivity contribution in [1.29, 1.82) is 0 Å². The van der Waals surface area contributed by atoms with Gasteiger partial charge in [-0.05, 0) is 42.5 Å². The molecule has 0 radical (unpaired) electrons. The van der Waals surface area contributed by atoms with E-state index in [1.54, 1.807) is 24.3 Å². The Hall–Kier alpha value is -3.54. The van der Waals surface area contributed by atoms with Gasteiger partial charge < -0.3 is 19.8 Å². The van der Waals surface area contributed by atoms with Gasteiger partial charge in [0.2, 0.25) is 5.91 Å². The molecule has 0 atom stereocenters. The number of anilines is 1. The molecule has 0 fully saturated rings. The highest BCUT2D eigenvalue weighted by atomic mass is 16.5. The molecule has 0 unspecified atom stereocenters. The van der Waals surface area contributed by atoms with Crippen molar-refractivity contribution in [2.45, 2.75) is 0 Å². The molecule has 3 rings (SSSR count). The van der Waals surface area contributed by atoms with E-state index in [9.17, 15) is 9.59 Å². The highest BCUT2D eigenvalue weighted by Gasteiger charge is 2.09. The summed E-state index contributed by atoms with van der Waals surface area (Å²) in [6, 6.07) is 17.9. The number of ether oxygens (including phenoxy) is 1. The lowest BCUT2D eigenvalue weighted by Crippen LogP contribution is -2.32. The zero-order chi connectivity index (χ0) is 17.5. The molecule has 0 saturated heterocycles. The van der Waals surface area contributed by atoms with Crippen LogP contribution in [0.15, 0.2) is 77.6 Å². The first-order chi connectivity index (χ1) is 12.2. The van der Waals surface area contributed by atoms with Crippen LogP contribution < -0.4 is 15.4 Å². The lowest BCUT2D eigenvalue weighted by Gasteiger charge is -2.08. The molecule has 0 saturated carbocycles. The fraction of sp³-hybridized carbons (Fsp3) is 0.0526. The van der Waals surface area contributed by atoms with Crippen LogP contribution >= 0.6 is 0 Å². The highest BCUT2D eigenvalue weighted by Crippen LogP contribution is 2.22. The first-order valence-electron chi connectivity index (χ1n) is 7.64. The van der Waals surface area contributed by atoms with E-state index in [4.69, 9.17) is 9.15 Å². The molecule has 3 aromatic rings. The number of para-hydroxylation sites is 1. The fourth-order valence-corrected chi connectivity index (χ4v) is 2.09. The zero-order valence-corrected chi connectivity index (χ0v) is 13.3. The van der Waals surface area contributed by atoms with Gasteiger partial charge in [-0.15, -0.1) is 0 Å². The van der Waals surface area contributed by atoms with E-state index in [-0.39, 0.29) is 18.4 Å². The Morgan fingerprint density at radius 2 is 1.64 bits per heavy atom. The predicted octanol–water partition coefficient (Wildman–Crippen LogP) is 3.44. The molecule has 6 nitrogen and oxygen atoms in total. The van der Waals surface area contributed by atoms with Crippen LogP contribution in [0.25, 0.3) is 0 Å². The van der Waals surface area contributed by atoms with Crippen LogP contribution in [0.2, 0.25) is 0 Å². The van der Waals surface area contributed by atoms with Crippen LogP contribution in [0.1, 0.15) is 10.4 Å². The quantitative estimate of drug-likeness (QED) is 0.722. The number of furan rings is 1. The molecule has 0 bridgehead atoms. The number of benzene rings is 2. The maximum Gasteiger partial charge on any atom is 0.254 e. The average molecular weight is 336 g/mol. The number of carbonyl (C=O) groups excluding carboxylic acids is 2. The Kier molecular flexibility index (Phi) is 5.11. The van der Waals surface area contributed by atoms with Crippen LogP contribution in [-0.2, 0) is 4.79 Å². The molecule has 2 N–H and O–H groups in total. The largest absolute Gasteiger partial charge is 0.472 e. The van der Waals surface area contributed by atoms with Gasteiger partial charge in [0.15, 0.2) is 0 Å². The lowest BCUT2D eigenvalue weighted by atomic mass is 10.3. The number of hydrogen-bond acceptors (Lipinski definition) is 4. The Balaban J connectivity index is 1.49. The van der Waals surface area contributed by atoms with E-state index < -0.39 is 0 Å². The topological polar surface area (TPSA) is 80.6 Å². The van der Waals surface area contributed by atoms with E-state index in [0.29, 0.717) is 17.0 Å². The fourth-order valence-electron chi connectivity index (χ4n) is 2.09.